The Morgan fingerprint density at radius 1 is 1.16 bits per heavy atom. The molecule has 1 heterocycles. The first-order valence-corrected chi connectivity index (χ1v) is 8.46. The zero-order valence-corrected chi connectivity index (χ0v) is 14.5. The van der Waals surface area contributed by atoms with Crippen molar-refractivity contribution in [2.24, 2.45) is 5.92 Å². The zero-order chi connectivity index (χ0) is 17.8. The van der Waals surface area contributed by atoms with Gasteiger partial charge >= 0.3 is 0 Å². The van der Waals surface area contributed by atoms with E-state index in [0.29, 0.717) is 13.2 Å². The number of para-hydroxylation sites is 1. The first kappa shape index (κ1) is 17.0. The van der Waals surface area contributed by atoms with Gasteiger partial charge in [0.25, 0.3) is 0 Å². The van der Waals surface area contributed by atoms with E-state index in [1.807, 2.05) is 61.5 Å². The number of nitrogens with zero attached hydrogens (tertiary/aromatic N) is 2. The fourth-order valence-electron chi connectivity index (χ4n) is 3.06. The predicted molar refractivity (Wildman–Crippen MR) is 97.9 cm³/mol. The third-order valence-corrected chi connectivity index (χ3v) is 4.41. The van der Waals surface area contributed by atoms with Gasteiger partial charge in [0.05, 0.1) is 12.5 Å². The van der Waals surface area contributed by atoms with Gasteiger partial charge in [0.1, 0.15) is 5.75 Å². The minimum atomic E-state index is -0.329. The van der Waals surface area contributed by atoms with Gasteiger partial charge in [-0.1, -0.05) is 18.2 Å². The second kappa shape index (κ2) is 7.38. The van der Waals surface area contributed by atoms with E-state index in [9.17, 15) is 9.59 Å². The van der Waals surface area contributed by atoms with Gasteiger partial charge in [-0.3, -0.25) is 9.59 Å². The first-order valence-electron chi connectivity index (χ1n) is 8.46. The number of anilines is 2. The molecule has 1 unspecified atom stereocenters. The largest absolute Gasteiger partial charge is 0.494 e. The topological polar surface area (TPSA) is 49.9 Å². The average Bonchev–Trinajstić information content (AvgIpc) is 3.04. The maximum absolute atomic E-state index is 12.7. The number of carbonyl (C=O) groups is 2. The molecule has 5 nitrogen and oxygen atoms in total. The summed E-state index contributed by atoms with van der Waals surface area (Å²) in [6.07, 6.45) is 0.239. The molecular weight excluding hydrogens is 316 g/mol. The van der Waals surface area contributed by atoms with Crippen molar-refractivity contribution in [1.82, 2.24) is 0 Å². The summed E-state index contributed by atoms with van der Waals surface area (Å²) in [4.78, 5) is 28.4. The van der Waals surface area contributed by atoms with Gasteiger partial charge < -0.3 is 14.5 Å². The molecule has 0 spiro atoms. The van der Waals surface area contributed by atoms with Gasteiger partial charge in [-0.05, 0) is 43.3 Å². The lowest BCUT2D eigenvalue weighted by molar-refractivity contribution is -0.124. The number of rotatable bonds is 5. The molecule has 0 N–H and O–H groups in total. The Balaban J connectivity index is 1.70. The number of carbonyl (C=O) groups excluding carboxylic acids is 2. The molecule has 3 rings (SSSR count). The van der Waals surface area contributed by atoms with Crippen molar-refractivity contribution in [3.8, 4) is 5.75 Å². The van der Waals surface area contributed by atoms with E-state index in [1.54, 1.807) is 16.8 Å². The van der Waals surface area contributed by atoms with E-state index in [4.69, 9.17) is 4.74 Å². The van der Waals surface area contributed by atoms with Crippen LogP contribution in [0.2, 0.25) is 0 Å². The van der Waals surface area contributed by atoms with Crippen molar-refractivity contribution in [2.45, 2.75) is 13.3 Å². The van der Waals surface area contributed by atoms with Crippen LogP contribution < -0.4 is 14.5 Å². The van der Waals surface area contributed by atoms with E-state index < -0.39 is 0 Å². The fraction of sp³-hybridized carbons (Fsp3) is 0.300. The average molecular weight is 338 g/mol. The van der Waals surface area contributed by atoms with Crippen LogP contribution >= 0.6 is 0 Å². The van der Waals surface area contributed by atoms with Crippen LogP contribution in [0.3, 0.4) is 0 Å². The van der Waals surface area contributed by atoms with Gasteiger partial charge in [-0.25, -0.2) is 0 Å². The van der Waals surface area contributed by atoms with Crippen molar-refractivity contribution < 1.29 is 14.3 Å². The first-order chi connectivity index (χ1) is 12.1. The molecule has 0 bridgehead atoms. The molecule has 0 aliphatic carbocycles. The Hall–Kier alpha value is -2.82. The molecule has 0 saturated carbocycles. The van der Waals surface area contributed by atoms with Gasteiger partial charge in [0.2, 0.25) is 11.8 Å². The second-order valence-corrected chi connectivity index (χ2v) is 6.07. The lowest BCUT2D eigenvalue weighted by Crippen LogP contribution is -2.34. The van der Waals surface area contributed by atoms with Crippen LogP contribution in [0.5, 0.6) is 5.75 Å². The number of ether oxygens (including phenoxy) is 1. The molecule has 1 fully saturated rings. The summed E-state index contributed by atoms with van der Waals surface area (Å²) < 4.78 is 5.43. The second-order valence-electron chi connectivity index (χ2n) is 6.07. The predicted octanol–water partition coefficient (Wildman–Crippen LogP) is 3.10. The number of hydrogen-bond donors (Lipinski definition) is 0. The monoisotopic (exact) mass is 338 g/mol. The molecule has 0 aromatic heterocycles. The summed E-state index contributed by atoms with van der Waals surface area (Å²) in [5.74, 6) is 0.385. The Bertz CT molecular complexity index is 743. The van der Waals surface area contributed by atoms with Crippen molar-refractivity contribution in [2.75, 3.05) is 30.0 Å². The third-order valence-electron chi connectivity index (χ3n) is 4.41. The molecule has 1 atom stereocenters. The van der Waals surface area contributed by atoms with E-state index in [0.717, 1.165) is 17.1 Å². The molecule has 1 saturated heterocycles. The number of amides is 2. The summed E-state index contributed by atoms with van der Waals surface area (Å²) in [6.45, 7) is 2.94. The highest BCUT2D eigenvalue weighted by Crippen LogP contribution is 2.28. The van der Waals surface area contributed by atoms with E-state index in [1.165, 1.54) is 0 Å². The Morgan fingerprint density at radius 2 is 1.84 bits per heavy atom. The Labute approximate surface area is 147 Å². The maximum atomic E-state index is 12.7. The number of benzene rings is 2. The van der Waals surface area contributed by atoms with Gasteiger partial charge in [0, 0.05) is 31.4 Å². The highest BCUT2D eigenvalue weighted by molar-refractivity contribution is 6.04. The minimum absolute atomic E-state index is 0.0241. The van der Waals surface area contributed by atoms with Gasteiger partial charge in [0.15, 0.2) is 0 Å². The SMILES string of the molecule is CCOc1ccc(N2CC(C(=O)N(C)c3ccccc3)CC2=O)cc1. The van der Waals surface area contributed by atoms with Crippen molar-refractivity contribution in [3.63, 3.8) is 0 Å². The molecule has 130 valence electrons. The Kier molecular flexibility index (Phi) is 5.03. The van der Waals surface area contributed by atoms with Crippen LogP contribution in [0.25, 0.3) is 0 Å². The highest BCUT2D eigenvalue weighted by Gasteiger charge is 2.36. The van der Waals surface area contributed by atoms with Crippen LogP contribution in [0.4, 0.5) is 11.4 Å². The lowest BCUT2D eigenvalue weighted by atomic mass is 10.1. The van der Waals surface area contributed by atoms with E-state index >= 15 is 0 Å². The van der Waals surface area contributed by atoms with Crippen molar-refractivity contribution in [1.29, 1.82) is 0 Å². The summed E-state index contributed by atoms with van der Waals surface area (Å²) >= 11 is 0. The molecule has 25 heavy (non-hydrogen) atoms. The van der Waals surface area contributed by atoms with Crippen molar-refractivity contribution in [3.05, 3.63) is 54.6 Å². The summed E-state index contributed by atoms with van der Waals surface area (Å²) in [6, 6.07) is 16.9. The maximum Gasteiger partial charge on any atom is 0.232 e. The smallest absolute Gasteiger partial charge is 0.232 e. The molecule has 1 aliphatic rings. The molecule has 2 aromatic carbocycles. The van der Waals surface area contributed by atoms with Crippen LogP contribution in [0, 0.1) is 5.92 Å². The fourth-order valence-corrected chi connectivity index (χ4v) is 3.06. The Morgan fingerprint density at radius 3 is 2.48 bits per heavy atom. The molecule has 5 heteroatoms. The van der Waals surface area contributed by atoms with Crippen LogP contribution in [0.15, 0.2) is 54.6 Å². The number of hydrogen-bond acceptors (Lipinski definition) is 3. The zero-order valence-electron chi connectivity index (χ0n) is 14.5. The van der Waals surface area contributed by atoms with Crippen LogP contribution in [-0.2, 0) is 9.59 Å². The van der Waals surface area contributed by atoms with E-state index in [2.05, 4.69) is 0 Å². The van der Waals surface area contributed by atoms with Crippen LogP contribution in [0.1, 0.15) is 13.3 Å². The molecule has 2 amide bonds. The van der Waals surface area contributed by atoms with Crippen LogP contribution in [-0.4, -0.2) is 32.0 Å². The summed E-state index contributed by atoms with van der Waals surface area (Å²) in [7, 11) is 1.75. The molecular formula is C20H22N2O3. The summed E-state index contributed by atoms with van der Waals surface area (Å²) in [5.41, 5.74) is 1.63. The summed E-state index contributed by atoms with van der Waals surface area (Å²) in [5, 5.41) is 0. The van der Waals surface area contributed by atoms with E-state index in [-0.39, 0.29) is 24.2 Å². The third kappa shape index (κ3) is 3.65. The molecule has 0 radical (unpaired) electrons. The lowest BCUT2D eigenvalue weighted by Gasteiger charge is -2.21. The quantitative estimate of drug-likeness (QED) is 0.842. The van der Waals surface area contributed by atoms with Gasteiger partial charge in [-0.15, -0.1) is 0 Å². The van der Waals surface area contributed by atoms with Crippen molar-refractivity contribution >= 4 is 23.2 Å². The van der Waals surface area contributed by atoms with Gasteiger partial charge in [-0.2, -0.15) is 0 Å². The highest BCUT2D eigenvalue weighted by atomic mass is 16.5. The standard InChI is InChI=1S/C20H22N2O3/c1-3-25-18-11-9-17(10-12-18)22-14-15(13-19(22)23)20(24)21(2)16-7-5-4-6-8-16/h4-12,15H,3,13-14H2,1-2H3. The molecule has 2 aromatic rings. The molecule has 1 aliphatic heterocycles. The minimum Gasteiger partial charge on any atom is -0.494 e. The normalized spacial score (nSPS) is 16.8.